The van der Waals surface area contributed by atoms with Crippen LogP contribution in [-0.2, 0) is 13.1 Å². The second-order valence-electron chi connectivity index (χ2n) is 4.94. The van der Waals surface area contributed by atoms with Crippen molar-refractivity contribution in [1.29, 1.82) is 0 Å². The maximum atomic E-state index is 12.2. The third kappa shape index (κ3) is 1.89. The summed E-state index contributed by atoms with van der Waals surface area (Å²) >= 11 is 0. The fraction of sp³-hybridized carbons (Fsp3) is 0.538. The normalized spacial score (nSPS) is 15.2. The van der Waals surface area contributed by atoms with Gasteiger partial charge < -0.3 is 0 Å². The molecule has 0 spiro atoms. The van der Waals surface area contributed by atoms with Gasteiger partial charge in [-0.05, 0) is 32.8 Å². The predicted octanol–water partition coefficient (Wildman–Crippen LogP) is 1.56. The second-order valence-corrected chi connectivity index (χ2v) is 4.94. The molecule has 0 N–H and O–H groups in total. The van der Waals surface area contributed by atoms with E-state index in [0.29, 0.717) is 12.6 Å². The van der Waals surface area contributed by atoms with E-state index in [2.05, 4.69) is 12.0 Å². The van der Waals surface area contributed by atoms with Crippen LogP contribution in [0.3, 0.4) is 0 Å². The number of aryl methyl sites for hydroxylation is 2. The predicted molar refractivity (Wildman–Crippen MR) is 68.7 cm³/mol. The molecule has 1 aliphatic carbocycles. The van der Waals surface area contributed by atoms with Gasteiger partial charge in [0.15, 0.2) is 0 Å². The summed E-state index contributed by atoms with van der Waals surface area (Å²) in [7, 11) is 0. The van der Waals surface area contributed by atoms with E-state index in [1.165, 1.54) is 0 Å². The minimum absolute atomic E-state index is 0.0963. The Morgan fingerprint density at radius 2 is 2.17 bits per heavy atom. The summed E-state index contributed by atoms with van der Waals surface area (Å²) in [5.74, 6) is 0. The Morgan fingerprint density at radius 3 is 2.83 bits per heavy atom. The van der Waals surface area contributed by atoms with Crippen LogP contribution in [0.5, 0.6) is 0 Å². The van der Waals surface area contributed by atoms with E-state index < -0.39 is 0 Å². The first kappa shape index (κ1) is 11.3. The number of hydrogen-bond donors (Lipinski definition) is 0. The Kier molecular flexibility index (Phi) is 2.61. The van der Waals surface area contributed by atoms with Crippen molar-refractivity contribution < 1.29 is 0 Å². The molecule has 0 bridgehead atoms. The lowest BCUT2D eigenvalue weighted by Gasteiger charge is -2.04. The first-order valence-corrected chi connectivity index (χ1v) is 6.49. The Morgan fingerprint density at radius 1 is 1.39 bits per heavy atom. The highest BCUT2D eigenvalue weighted by atomic mass is 16.1. The standard InChI is InChI=1S/C13H18N4O/c1-3-17-12(8-10(2)14-17)9-15-6-7-16(13(15)18)11-4-5-11/h6-8,11H,3-5,9H2,1-2H3. The lowest BCUT2D eigenvalue weighted by atomic mass is 10.3. The average molecular weight is 246 g/mol. The van der Waals surface area contributed by atoms with Crippen LogP contribution in [0.1, 0.15) is 37.2 Å². The quantitative estimate of drug-likeness (QED) is 0.821. The van der Waals surface area contributed by atoms with Gasteiger partial charge in [0.05, 0.1) is 17.9 Å². The van der Waals surface area contributed by atoms with E-state index in [4.69, 9.17) is 0 Å². The minimum atomic E-state index is 0.0963. The number of imidazole rings is 1. The molecule has 2 aromatic rings. The van der Waals surface area contributed by atoms with Crippen molar-refractivity contribution in [3.8, 4) is 0 Å². The SMILES string of the molecule is CCn1nc(C)cc1Cn1ccn(C2CC2)c1=O. The topological polar surface area (TPSA) is 44.8 Å². The van der Waals surface area contributed by atoms with Crippen LogP contribution in [0.15, 0.2) is 23.3 Å². The van der Waals surface area contributed by atoms with E-state index in [9.17, 15) is 4.79 Å². The molecule has 18 heavy (non-hydrogen) atoms. The summed E-state index contributed by atoms with van der Waals surface area (Å²) in [5, 5.41) is 4.40. The van der Waals surface area contributed by atoms with Crippen molar-refractivity contribution in [2.75, 3.05) is 0 Å². The van der Waals surface area contributed by atoms with E-state index in [-0.39, 0.29) is 5.69 Å². The molecule has 2 aromatic heterocycles. The van der Waals surface area contributed by atoms with E-state index >= 15 is 0 Å². The molecule has 0 atom stereocenters. The molecule has 5 nitrogen and oxygen atoms in total. The Bertz CT molecular complexity index is 615. The zero-order valence-corrected chi connectivity index (χ0v) is 10.8. The van der Waals surface area contributed by atoms with Crippen LogP contribution in [0.25, 0.3) is 0 Å². The molecule has 1 aliphatic rings. The lowest BCUT2D eigenvalue weighted by molar-refractivity contribution is 0.582. The van der Waals surface area contributed by atoms with Gasteiger partial charge in [-0.15, -0.1) is 0 Å². The van der Waals surface area contributed by atoms with Gasteiger partial charge in [-0.3, -0.25) is 13.8 Å². The minimum Gasteiger partial charge on any atom is -0.296 e. The van der Waals surface area contributed by atoms with Crippen molar-refractivity contribution in [3.63, 3.8) is 0 Å². The molecule has 3 rings (SSSR count). The maximum Gasteiger partial charge on any atom is 0.328 e. The Balaban J connectivity index is 1.89. The summed E-state index contributed by atoms with van der Waals surface area (Å²) in [6, 6.07) is 2.49. The maximum absolute atomic E-state index is 12.2. The van der Waals surface area contributed by atoms with Gasteiger partial charge in [0.1, 0.15) is 0 Å². The van der Waals surface area contributed by atoms with Gasteiger partial charge in [0.2, 0.25) is 0 Å². The molecule has 0 saturated heterocycles. The third-order valence-electron chi connectivity index (χ3n) is 3.43. The average Bonchev–Trinajstić information content (AvgIpc) is 3.04. The third-order valence-corrected chi connectivity index (χ3v) is 3.43. The molecular formula is C13H18N4O. The molecule has 1 saturated carbocycles. The first-order valence-electron chi connectivity index (χ1n) is 6.49. The van der Waals surface area contributed by atoms with Crippen molar-refractivity contribution in [2.45, 2.75) is 45.8 Å². The van der Waals surface area contributed by atoms with Crippen LogP contribution in [-0.4, -0.2) is 18.9 Å². The van der Waals surface area contributed by atoms with Gasteiger partial charge in [-0.25, -0.2) is 4.79 Å². The van der Waals surface area contributed by atoms with Crippen molar-refractivity contribution in [1.82, 2.24) is 18.9 Å². The molecule has 5 heteroatoms. The molecule has 0 radical (unpaired) electrons. The molecule has 0 aromatic carbocycles. The summed E-state index contributed by atoms with van der Waals surface area (Å²) < 4.78 is 5.57. The van der Waals surface area contributed by atoms with Gasteiger partial charge in [0, 0.05) is 25.0 Å². The largest absolute Gasteiger partial charge is 0.328 e. The van der Waals surface area contributed by atoms with Gasteiger partial charge in [0.25, 0.3) is 0 Å². The number of nitrogens with zero attached hydrogens (tertiary/aromatic N) is 4. The first-order chi connectivity index (χ1) is 8.69. The molecule has 96 valence electrons. The fourth-order valence-corrected chi connectivity index (χ4v) is 2.35. The zero-order valence-electron chi connectivity index (χ0n) is 10.8. The summed E-state index contributed by atoms with van der Waals surface area (Å²) in [6.07, 6.45) is 6.05. The lowest BCUT2D eigenvalue weighted by Crippen LogP contribution is -2.24. The summed E-state index contributed by atoms with van der Waals surface area (Å²) in [6.45, 7) is 5.48. The van der Waals surface area contributed by atoms with Crippen LogP contribution in [0.4, 0.5) is 0 Å². The van der Waals surface area contributed by atoms with Crippen molar-refractivity contribution in [2.24, 2.45) is 0 Å². The second kappa shape index (κ2) is 4.15. The van der Waals surface area contributed by atoms with Crippen molar-refractivity contribution >= 4 is 0 Å². The molecule has 2 heterocycles. The highest BCUT2D eigenvalue weighted by Crippen LogP contribution is 2.33. The summed E-state index contributed by atoms with van der Waals surface area (Å²) in [4.78, 5) is 12.2. The monoisotopic (exact) mass is 246 g/mol. The number of hydrogen-bond acceptors (Lipinski definition) is 2. The van der Waals surface area contributed by atoms with Gasteiger partial charge in [-0.1, -0.05) is 0 Å². The highest BCUT2D eigenvalue weighted by molar-refractivity contribution is 5.10. The van der Waals surface area contributed by atoms with Crippen LogP contribution < -0.4 is 5.69 Å². The van der Waals surface area contributed by atoms with Crippen LogP contribution in [0, 0.1) is 6.92 Å². The summed E-state index contributed by atoms with van der Waals surface area (Å²) in [5.41, 5.74) is 2.19. The molecule has 0 unspecified atom stereocenters. The van der Waals surface area contributed by atoms with E-state index in [1.54, 1.807) is 4.57 Å². The Labute approximate surface area is 106 Å². The zero-order chi connectivity index (χ0) is 12.7. The Hall–Kier alpha value is -1.78. The number of rotatable bonds is 4. The van der Waals surface area contributed by atoms with Crippen LogP contribution >= 0.6 is 0 Å². The highest BCUT2D eigenvalue weighted by Gasteiger charge is 2.25. The van der Waals surface area contributed by atoms with E-state index in [1.807, 2.05) is 34.6 Å². The number of aromatic nitrogens is 4. The smallest absolute Gasteiger partial charge is 0.296 e. The van der Waals surface area contributed by atoms with Gasteiger partial charge in [-0.2, -0.15) is 5.10 Å². The molecule has 1 fully saturated rings. The molecule has 0 amide bonds. The van der Waals surface area contributed by atoms with Gasteiger partial charge >= 0.3 is 5.69 Å². The molecular weight excluding hydrogens is 228 g/mol. The fourth-order valence-electron chi connectivity index (χ4n) is 2.35. The van der Waals surface area contributed by atoms with Crippen LogP contribution in [0.2, 0.25) is 0 Å². The van der Waals surface area contributed by atoms with Crippen molar-refractivity contribution in [3.05, 3.63) is 40.3 Å². The molecule has 0 aliphatic heterocycles. The van der Waals surface area contributed by atoms with E-state index in [0.717, 1.165) is 30.8 Å².